The standard InChI is InChI=1S/C21H29NO3/c1-17-8-4-6-10-19(17)14-22(12-13-24-3)15-20(23)16-25-21-11-7-5-9-18(21)2/h4-11,20,23H,12-16H2,1-3H3/t20-/m0/s1. The van der Waals surface area contributed by atoms with Gasteiger partial charge in [0.25, 0.3) is 0 Å². The quantitative estimate of drug-likeness (QED) is 0.719. The van der Waals surface area contributed by atoms with Crippen molar-refractivity contribution in [3.8, 4) is 5.75 Å². The Labute approximate surface area is 151 Å². The van der Waals surface area contributed by atoms with Gasteiger partial charge in [0, 0.05) is 26.7 Å². The van der Waals surface area contributed by atoms with Crippen molar-refractivity contribution in [1.29, 1.82) is 0 Å². The molecule has 0 radical (unpaired) electrons. The van der Waals surface area contributed by atoms with Gasteiger partial charge < -0.3 is 14.6 Å². The number of benzene rings is 2. The molecule has 0 fully saturated rings. The Balaban J connectivity index is 1.91. The minimum atomic E-state index is -0.555. The van der Waals surface area contributed by atoms with Gasteiger partial charge in [-0.25, -0.2) is 0 Å². The van der Waals surface area contributed by atoms with Crippen LogP contribution in [0.25, 0.3) is 0 Å². The Hall–Kier alpha value is -1.88. The number of hydrogen-bond acceptors (Lipinski definition) is 4. The van der Waals surface area contributed by atoms with Crippen LogP contribution in [0, 0.1) is 13.8 Å². The average Bonchev–Trinajstić information content (AvgIpc) is 2.61. The first-order valence-electron chi connectivity index (χ1n) is 8.72. The van der Waals surface area contributed by atoms with Crippen molar-refractivity contribution in [3.05, 3.63) is 65.2 Å². The number of hydrogen-bond donors (Lipinski definition) is 1. The number of aliphatic hydroxyl groups excluding tert-OH is 1. The fourth-order valence-electron chi connectivity index (χ4n) is 2.74. The van der Waals surface area contributed by atoms with E-state index < -0.39 is 6.10 Å². The molecule has 0 unspecified atom stereocenters. The van der Waals surface area contributed by atoms with Crippen molar-refractivity contribution in [2.45, 2.75) is 26.5 Å². The van der Waals surface area contributed by atoms with Crippen LogP contribution in [0.1, 0.15) is 16.7 Å². The molecule has 4 heteroatoms. The predicted octanol–water partition coefficient (Wildman–Crippen LogP) is 3.19. The highest BCUT2D eigenvalue weighted by molar-refractivity contribution is 5.31. The summed E-state index contributed by atoms with van der Waals surface area (Å²) in [5.41, 5.74) is 3.60. The fraction of sp³-hybridized carbons (Fsp3) is 0.429. The van der Waals surface area contributed by atoms with Crippen LogP contribution in [0.4, 0.5) is 0 Å². The largest absolute Gasteiger partial charge is 0.491 e. The first-order valence-corrected chi connectivity index (χ1v) is 8.72. The molecule has 0 aliphatic carbocycles. The number of ether oxygens (including phenoxy) is 2. The van der Waals surface area contributed by atoms with Gasteiger partial charge in [-0.3, -0.25) is 4.90 Å². The summed E-state index contributed by atoms with van der Waals surface area (Å²) in [5, 5.41) is 10.4. The highest BCUT2D eigenvalue weighted by atomic mass is 16.5. The van der Waals surface area contributed by atoms with Gasteiger partial charge in [0.05, 0.1) is 6.61 Å². The van der Waals surface area contributed by atoms with Crippen LogP contribution in [-0.2, 0) is 11.3 Å². The van der Waals surface area contributed by atoms with E-state index in [2.05, 4.69) is 30.0 Å². The Morgan fingerprint density at radius 3 is 2.36 bits per heavy atom. The van der Waals surface area contributed by atoms with E-state index in [1.807, 2.05) is 37.3 Å². The molecule has 25 heavy (non-hydrogen) atoms. The number of nitrogens with zero attached hydrogens (tertiary/aromatic N) is 1. The molecule has 0 aromatic heterocycles. The topological polar surface area (TPSA) is 41.9 Å². The molecule has 0 saturated carbocycles. The molecule has 136 valence electrons. The van der Waals surface area contributed by atoms with Gasteiger partial charge in [0.2, 0.25) is 0 Å². The van der Waals surface area contributed by atoms with E-state index in [1.54, 1.807) is 7.11 Å². The van der Waals surface area contributed by atoms with Crippen molar-refractivity contribution in [2.24, 2.45) is 0 Å². The van der Waals surface area contributed by atoms with Gasteiger partial charge in [0.15, 0.2) is 0 Å². The lowest BCUT2D eigenvalue weighted by Gasteiger charge is -2.25. The molecular formula is C21H29NO3. The van der Waals surface area contributed by atoms with Crippen molar-refractivity contribution in [2.75, 3.05) is 33.4 Å². The van der Waals surface area contributed by atoms with Crippen LogP contribution in [0.5, 0.6) is 5.75 Å². The Morgan fingerprint density at radius 1 is 1.00 bits per heavy atom. The maximum atomic E-state index is 10.4. The molecule has 1 N–H and O–H groups in total. The van der Waals surface area contributed by atoms with Crippen molar-refractivity contribution in [3.63, 3.8) is 0 Å². The number of aryl methyl sites for hydroxylation is 2. The van der Waals surface area contributed by atoms with Crippen molar-refractivity contribution >= 4 is 0 Å². The number of aliphatic hydroxyl groups is 1. The normalized spacial score (nSPS) is 12.4. The van der Waals surface area contributed by atoms with Gasteiger partial charge in [-0.1, -0.05) is 42.5 Å². The molecule has 0 bridgehead atoms. The van der Waals surface area contributed by atoms with Crippen LogP contribution >= 0.6 is 0 Å². The molecule has 0 amide bonds. The summed E-state index contributed by atoms with van der Waals surface area (Å²) in [7, 11) is 1.70. The van der Waals surface area contributed by atoms with Gasteiger partial charge in [0.1, 0.15) is 18.5 Å². The van der Waals surface area contributed by atoms with Gasteiger partial charge in [-0.2, -0.15) is 0 Å². The second-order valence-corrected chi connectivity index (χ2v) is 6.38. The Kier molecular flexibility index (Phi) is 7.92. The van der Waals surface area contributed by atoms with E-state index in [0.29, 0.717) is 13.2 Å². The van der Waals surface area contributed by atoms with E-state index in [0.717, 1.165) is 24.4 Å². The molecule has 2 aromatic carbocycles. The monoisotopic (exact) mass is 343 g/mol. The van der Waals surface area contributed by atoms with E-state index >= 15 is 0 Å². The fourth-order valence-corrected chi connectivity index (χ4v) is 2.74. The Bertz CT molecular complexity index is 645. The van der Waals surface area contributed by atoms with Crippen molar-refractivity contribution < 1.29 is 14.6 Å². The van der Waals surface area contributed by atoms with Crippen LogP contribution in [-0.4, -0.2) is 49.5 Å². The van der Waals surface area contributed by atoms with E-state index in [9.17, 15) is 5.11 Å². The highest BCUT2D eigenvalue weighted by Crippen LogP contribution is 2.16. The highest BCUT2D eigenvalue weighted by Gasteiger charge is 2.14. The van der Waals surface area contributed by atoms with E-state index in [-0.39, 0.29) is 6.61 Å². The zero-order valence-corrected chi connectivity index (χ0v) is 15.4. The minimum Gasteiger partial charge on any atom is -0.491 e. The molecule has 2 aromatic rings. The van der Waals surface area contributed by atoms with Crippen LogP contribution in [0.3, 0.4) is 0 Å². The van der Waals surface area contributed by atoms with Crippen LogP contribution in [0.2, 0.25) is 0 Å². The maximum Gasteiger partial charge on any atom is 0.122 e. The number of para-hydroxylation sites is 1. The molecule has 2 rings (SSSR count). The molecule has 0 aliphatic rings. The third kappa shape index (κ3) is 6.50. The second-order valence-electron chi connectivity index (χ2n) is 6.38. The average molecular weight is 343 g/mol. The summed E-state index contributed by atoms with van der Waals surface area (Å²) in [4.78, 5) is 2.21. The molecule has 1 atom stereocenters. The predicted molar refractivity (Wildman–Crippen MR) is 101 cm³/mol. The first-order chi connectivity index (χ1) is 12.1. The summed E-state index contributed by atoms with van der Waals surface area (Å²) in [6.45, 7) is 7.14. The van der Waals surface area contributed by atoms with Gasteiger partial charge in [-0.05, 0) is 36.6 Å². The summed E-state index contributed by atoms with van der Waals surface area (Å²) in [5.74, 6) is 0.823. The lowest BCUT2D eigenvalue weighted by molar-refractivity contribution is 0.0540. The summed E-state index contributed by atoms with van der Waals surface area (Å²) < 4.78 is 11.0. The summed E-state index contributed by atoms with van der Waals surface area (Å²) >= 11 is 0. The zero-order chi connectivity index (χ0) is 18.1. The molecule has 0 heterocycles. The second kappa shape index (κ2) is 10.2. The zero-order valence-electron chi connectivity index (χ0n) is 15.4. The smallest absolute Gasteiger partial charge is 0.122 e. The first kappa shape index (κ1) is 19.4. The van der Waals surface area contributed by atoms with Crippen LogP contribution in [0.15, 0.2) is 48.5 Å². The molecular weight excluding hydrogens is 314 g/mol. The Morgan fingerprint density at radius 2 is 1.68 bits per heavy atom. The molecule has 0 spiro atoms. The SMILES string of the molecule is COCCN(Cc1ccccc1C)C[C@H](O)COc1ccccc1C. The van der Waals surface area contributed by atoms with E-state index in [4.69, 9.17) is 9.47 Å². The van der Waals surface area contributed by atoms with Crippen molar-refractivity contribution in [1.82, 2.24) is 4.90 Å². The summed E-state index contributed by atoms with van der Waals surface area (Å²) in [6.07, 6.45) is -0.555. The molecule has 4 nitrogen and oxygen atoms in total. The summed E-state index contributed by atoms with van der Waals surface area (Å²) in [6, 6.07) is 16.2. The lowest BCUT2D eigenvalue weighted by Crippen LogP contribution is -2.37. The van der Waals surface area contributed by atoms with Crippen LogP contribution < -0.4 is 4.74 Å². The van der Waals surface area contributed by atoms with E-state index in [1.165, 1.54) is 11.1 Å². The van der Waals surface area contributed by atoms with Gasteiger partial charge >= 0.3 is 0 Å². The van der Waals surface area contributed by atoms with Gasteiger partial charge in [-0.15, -0.1) is 0 Å². The molecule has 0 aliphatic heterocycles. The number of rotatable bonds is 10. The minimum absolute atomic E-state index is 0.280. The molecule has 0 saturated heterocycles. The number of methoxy groups -OCH3 is 1. The third-order valence-electron chi connectivity index (χ3n) is 4.26. The lowest BCUT2D eigenvalue weighted by atomic mass is 10.1. The third-order valence-corrected chi connectivity index (χ3v) is 4.26. The maximum absolute atomic E-state index is 10.4.